The topological polar surface area (TPSA) is 55.2 Å². The highest BCUT2D eigenvalue weighted by Crippen LogP contribution is 2.35. The molecule has 0 unspecified atom stereocenters. The van der Waals surface area contributed by atoms with Gasteiger partial charge in [0.25, 0.3) is 5.56 Å². The average molecular weight is 345 g/mol. The van der Waals surface area contributed by atoms with Crippen molar-refractivity contribution in [1.29, 1.82) is 0 Å². The number of aryl methyl sites for hydroxylation is 1. The van der Waals surface area contributed by atoms with E-state index in [0.29, 0.717) is 30.3 Å². The quantitative estimate of drug-likeness (QED) is 0.859. The minimum atomic E-state index is -0.0387. The summed E-state index contributed by atoms with van der Waals surface area (Å²) in [4.78, 5) is 32.3. The van der Waals surface area contributed by atoms with Crippen molar-refractivity contribution in [2.75, 3.05) is 6.54 Å². The van der Waals surface area contributed by atoms with Crippen molar-refractivity contribution in [2.24, 2.45) is 5.92 Å². The predicted molar refractivity (Wildman–Crippen MR) is 95.2 cm³/mol. The third-order valence-electron chi connectivity index (χ3n) is 5.58. The van der Waals surface area contributed by atoms with Gasteiger partial charge in [-0.15, -0.1) is 11.3 Å². The van der Waals surface area contributed by atoms with Crippen LogP contribution in [0.2, 0.25) is 0 Å². The summed E-state index contributed by atoms with van der Waals surface area (Å²) in [6.45, 7) is 1.31. The van der Waals surface area contributed by atoms with E-state index in [1.54, 1.807) is 10.9 Å². The molecule has 4 rings (SSSR count). The van der Waals surface area contributed by atoms with Gasteiger partial charge in [0, 0.05) is 25.6 Å². The van der Waals surface area contributed by atoms with Crippen LogP contribution >= 0.6 is 11.3 Å². The number of thiophene rings is 1. The molecule has 2 aliphatic rings. The van der Waals surface area contributed by atoms with Crippen LogP contribution in [0.5, 0.6) is 0 Å². The van der Waals surface area contributed by atoms with E-state index < -0.39 is 0 Å². The Morgan fingerprint density at radius 1 is 1.25 bits per heavy atom. The molecule has 1 aliphatic carbocycles. The lowest BCUT2D eigenvalue weighted by molar-refractivity contribution is -0.137. The summed E-state index contributed by atoms with van der Waals surface area (Å²) < 4.78 is 1.58. The molecule has 0 N–H and O–H groups in total. The molecule has 2 aromatic rings. The van der Waals surface area contributed by atoms with Gasteiger partial charge in [-0.05, 0) is 43.0 Å². The van der Waals surface area contributed by atoms with Crippen molar-refractivity contribution in [2.45, 2.75) is 57.5 Å². The van der Waals surface area contributed by atoms with E-state index in [1.165, 1.54) is 37.0 Å². The maximum atomic E-state index is 12.7. The van der Waals surface area contributed by atoms with Crippen molar-refractivity contribution in [3.63, 3.8) is 0 Å². The summed E-state index contributed by atoms with van der Waals surface area (Å²) in [7, 11) is 0. The molecular formula is C18H23N3O2S. The first kappa shape index (κ1) is 15.8. The van der Waals surface area contributed by atoms with Crippen molar-refractivity contribution < 1.29 is 4.79 Å². The second kappa shape index (κ2) is 6.67. The van der Waals surface area contributed by atoms with Crippen LogP contribution in [0.4, 0.5) is 0 Å². The highest BCUT2D eigenvalue weighted by Gasteiger charge is 2.35. The maximum absolute atomic E-state index is 12.7. The Kier molecular flexibility index (Phi) is 4.39. The molecule has 1 amide bonds. The van der Waals surface area contributed by atoms with Gasteiger partial charge in [-0.25, -0.2) is 4.98 Å². The number of hydrogen-bond donors (Lipinski definition) is 0. The fraction of sp³-hybridized carbons (Fsp3) is 0.611. The van der Waals surface area contributed by atoms with Gasteiger partial charge in [0.05, 0.1) is 11.7 Å². The maximum Gasteiger partial charge on any atom is 0.262 e. The lowest BCUT2D eigenvalue weighted by Crippen LogP contribution is -2.49. The summed E-state index contributed by atoms with van der Waals surface area (Å²) in [5.74, 6) is 0.895. The summed E-state index contributed by atoms with van der Waals surface area (Å²) in [5, 5.41) is 2.53. The standard InChI is InChI=1S/C18H23N3O2S/c22-16(21-9-3-5-13-4-1-2-6-15(13)21)7-10-20-12-19-17-14(18(20)23)8-11-24-17/h8,11-13,15H,1-7,9-10H2/t13-,15-/m0/s1. The van der Waals surface area contributed by atoms with Crippen LogP contribution < -0.4 is 5.56 Å². The van der Waals surface area contributed by atoms with Crippen molar-refractivity contribution >= 4 is 27.5 Å². The summed E-state index contributed by atoms with van der Waals surface area (Å²) >= 11 is 1.47. The number of likely N-dealkylation sites (tertiary alicyclic amines) is 1. The number of hydrogen-bond acceptors (Lipinski definition) is 4. The number of nitrogens with zero attached hydrogens (tertiary/aromatic N) is 3. The van der Waals surface area contributed by atoms with E-state index in [0.717, 1.165) is 24.2 Å². The van der Waals surface area contributed by atoms with Gasteiger partial charge in [-0.3, -0.25) is 14.2 Å². The minimum Gasteiger partial charge on any atom is -0.339 e. The molecule has 1 saturated heterocycles. The number of carbonyl (C=O) groups excluding carboxylic acids is 1. The first-order chi connectivity index (χ1) is 11.7. The Hall–Kier alpha value is -1.69. The zero-order valence-electron chi connectivity index (χ0n) is 13.8. The molecule has 1 saturated carbocycles. The molecule has 5 nitrogen and oxygen atoms in total. The zero-order valence-corrected chi connectivity index (χ0v) is 14.6. The smallest absolute Gasteiger partial charge is 0.262 e. The van der Waals surface area contributed by atoms with Crippen molar-refractivity contribution in [3.8, 4) is 0 Å². The van der Waals surface area contributed by atoms with E-state index in [9.17, 15) is 9.59 Å². The molecule has 0 spiro atoms. The van der Waals surface area contributed by atoms with E-state index in [-0.39, 0.29) is 11.5 Å². The Morgan fingerprint density at radius 2 is 2.08 bits per heavy atom. The van der Waals surface area contributed by atoms with Gasteiger partial charge in [0.15, 0.2) is 0 Å². The Morgan fingerprint density at radius 3 is 3.00 bits per heavy atom. The third kappa shape index (κ3) is 2.88. The molecule has 6 heteroatoms. The van der Waals surface area contributed by atoms with Crippen LogP contribution in [0.15, 0.2) is 22.6 Å². The van der Waals surface area contributed by atoms with E-state index >= 15 is 0 Å². The molecule has 128 valence electrons. The van der Waals surface area contributed by atoms with E-state index in [1.807, 2.05) is 11.4 Å². The molecule has 0 aromatic carbocycles. The lowest BCUT2D eigenvalue weighted by atomic mass is 9.78. The molecule has 0 radical (unpaired) electrons. The number of amides is 1. The van der Waals surface area contributed by atoms with Crippen molar-refractivity contribution in [3.05, 3.63) is 28.1 Å². The number of rotatable bonds is 3. The Labute approximate surface area is 145 Å². The summed E-state index contributed by atoms with van der Waals surface area (Å²) in [6.07, 6.45) is 9.33. The van der Waals surface area contributed by atoms with Crippen LogP contribution in [-0.2, 0) is 11.3 Å². The van der Waals surface area contributed by atoms with Gasteiger partial charge >= 0.3 is 0 Å². The van der Waals surface area contributed by atoms with Crippen LogP contribution in [0.25, 0.3) is 10.2 Å². The number of piperidine rings is 1. The monoisotopic (exact) mass is 345 g/mol. The molecule has 2 atom stereocenters. The second-order valence-electron chi connectivity index (χ2n) is 6.97. The SMILES string of the molecule is O=C(CCn1cnc2sccc2c1=O)N1CCC[C@@H]2CCCC[C@@H]21. The van der Waals surface area contributed by atoms with Gasteiger partial charge < -0.3 is 4.90 Å². The third-order valence-corrected chi connectivity index (χ3v) is 6.40. The van der Waals surface area contributed by atoms with E-state index in [4.69, 9.17) is 0 Å². The molecule has 1 aliphatic heterocycles. The first-order valence-electron chi connectivity index (χ1n) is 8.96. The molecule has 0 bridgehead atoms. The molecule has 24 heavy (non-hydrogen) atoms. The highest BCUT2D eigenvalue weighted by atomic mass is 32.1. The first-order valence-corrected chi connectivity index (χ1v) is 9.84. The lowest BCUT2D eigenvalue weighted by Gasteiger charge is -2.44. The highest BCUT2D eigenvalue weighted by molar-refractivity contribution is 7.16. The molecule has 2 fully saturated rings. The molecule has 2 aromatic heterocycles. The van der Waals surface area contributed by atoms with Gasteiger partial charge in [-0.1, -0.05) is 12.8 Å². The fourth-order valence-electron chi connectivity index (χ4n) is 4.35. The average Bonchev–Trinajstić information content (AvgIpc) is 3.10. The minimum absolute atomic E-state index is 0.0387. The summed E-state index contributed by atoms with van der Waals surface area (Å²) in [5.41, 5.74) is -0.0387. The van der Waals surface area contributed by atoms with Crippen LogP contribution in [0.3, 0.4) is 0 Å². The van der Waals surface area contributed by atoms with Gasteiger partial charge in [-0.2, -0.15) is 0 Å². The Bertz CT molecular complexity index is 795. The van der Waals surface area contributed by atoms with Crippen molar-refractivity contribution in [1.82, 2.24) is 14.5 Å². The fourth-order valence-corrected chi connectivity index (χ4v) is 5.07. The Balaban J connectivity index is 1.45. The summed E-state index contributed by atoms with van der Waals surface area (Å²) in [6, 6.07) is 2.25. The molecule has 3 heterocycles. The normalized spacial score (nSPS) is 24.1. The largest absolute Gasteiger partial charge is 0.339 e. The predicted octanol–water partition coefficient (Wildman–Crippen LogP) is 3.03. The van der Waals surface area contributed by atoms with Crippen LogP contribution in [0, 0.1) is 5.92 Å². The van der Waals surface area contributed by atoms with Crippen LogP contribution in [-0.4, -0.2) is 32.9 Å². The zero-order chi connectivity index (χ0) is 16.5. The second-order valence-corrected chi connectivity index (χ2v) is 7.87. The van der Waals surface area contributed by atoms with E-state index in [2.05, 4.69) is 9.88 Å². The number of aromatic nitrogens is 2. The van der Waals surface area contributed by atoms with Gasteiger partial charge in [0.2, 0.25) is 5.91 Å². The van der Waals surface area contributed by atoms with Crippen LogP contribution in [0.1, 0.15) is 44.9 Å². The molecular weight excluding hydrogens is 322 g/mol. The number of fused-ring (bicyclic) bond motifs is 2. The van der Waals surface area contributed by atoms with Gasteiger partial charge in [0.1, 0.15) is 4.83 Å². The number of carbonyl (C=O) groups is 1.